The summed E-state index contributed by atoms with van der Waals surface area (Å²) in [6, 6.07) is 10.0. The second kappa shape index (κ2) is 5.95. The van der Waals surface area contributed by atoms with E-state index in [1.165, 1.54) is 0 Å². The molecule has 2 aromatic rings. The number of nitrogens with one attached hydrogen (secondary N) is 1. The third kappa shape index (κ3) is 4.81. The van der Waals surface area contributed by atoms with Crippen molar-refractivity contribution in [2.45, 2.75) is 32.4 Å². The number of aromatic nitrogens is 2. The summed E-state index contributed by atoms with van der Waals surface area (Å²) in [6.07, 6.45) is 0.663. The Morgan fingerprint density at radius 3 is 2.68 bits per heavy atom. The maximum Gasteiger partial charge on any atom is 0.240 e. The van der Waals surface area contributed by atoms with Crippen LogP contribution < -0.4 is 5.32 Å². The van der Waals surface area contributed by atoms with E-state index in [2.05, 4.69) is 15.5 Å². The average Bonchev–Trinajstić information content (AvgIpc) is 2.76. The van der Waals surface area contributed by atoms with E-state index in [1.54, 1.807) is 13.8 Å². The van der Waals surface area contributed by atoms with Crippen LogP contribution >= 0.6 is 0 Å². The third-order valence-corrected chi connectivity index (χ3v) is 2.55. The van der Waals surface area contributed by atoms with Gasteiger partial charge in [0.25, 0.3) is 0 Å². The van der Waals surface area contributed by atoms with Crippen molar-refractivity contribution in [1.82, 2.24) is 15.5 Å². The van der Waals surface area contributed by atoms with E-state index >= 15 is 0 Å². The second-order valence-corrected chi connectivity index (χ2v) is 5.18. The monoisotopic (exact) mass is 261 g/mol. The molecule has 102 valence electrons. The van der Waals surface area contributed by atoms with Crippen molar-refractivity contribution in [2.75, 3.05) is 6.54 Å². The molecule has 1 aromatic carbocycles. The van der Waals surface area contributed by atoms with Gasteiger partial charge in [0, 0.05) is 13.0 Å². The van der Waals surface area contributed by atoms with Gasteiger partial charge in [-0.25, -0.2) is 0 Å². The SMILES string of the molecule is CC(C)(O)CNCc1nc(Cc2ccccc2)no1. The van der Waals surface area contributed by atoms with Crippen LogP contribution in [0.1, 0.15) is 31.1 Å². The number of aliphatic hydroxyl groups is 1. The van der Waals surface area contributed by atoms with Gasteiger partial charge in [-0.2, -0.15) is 4.98 Å². The molecule has 2 rings (SSSR count). The fraction of sp³-hybridized carbons (Fsp3) is 0.429. The summed E-state index contributed by atoms with van der Waals surface area (Å²) < 4.78 is 5.15. The van der Waals surface area contributed by atoms with Crippen LogP contribution in [0.15, 0.2) is 34.9 Å². The minimum atomic E-state index is -0.743. The Kier molecular flexibility index (Phi) is 4.29. The number of hydrogen-bond acceptors (Lipinski definition) is 5. The largest absolute Gasteiger partial charge is 0.389 e. The molecule has 2 N–H and O–H groups in total. The smallest absolute Gasteiger partial charge is 0.240 e. The van der Waals surface area contributed by atoms with Gasteiger partial charge in [0.05, 0.1) is 12.1 Å². The van der Waals surface area contributed by atoms with Crippen molar-refractivity contribution in [3.8, 4) is 0 Å². The fourth-order valence-electron chi connectivity index (χ4n) is 1.69. The molecule has 0 saturated carbocycles. The predicted molar refractivity (Wildman–Crippen MR) is 71.6 cm³/mol. The molecular weight excluding hydrogens is 242 g/mol. The molecule has 5 nitrogen and oxygen atoms in total. The normalized spacial score (nSPS) is 11.7. The Hall–Kier alpha value is -1.72. The molecule has 0 aliphatic rings. The lowest BCUT2D eigenvalue weighted by atomic mass is 10.1. The highest BCUT2D eigenvalue weighted by atomic mass is 16.5. The molecule has 0 aliphatic heterocycles. The van der Waals surface area contributed by atoms with Crippen LogP contribution in [0.25, 0.3) is 0 Å². The van der Waals surface area contributed by atoms with Crippen LogP contribution in [-0.4, -0.2) is 27.4 Å². The molecule has 0 atom stereocenters. The van der Waals surface area contributed by atoms with Gasteiger partial charge in [-0.3, -0.25) is 0 Å². The standard InChI is InChI=1S/C14H19N3O2/c1-14(2,18)10-15-9-13-16-12(17-19-13)8-11-6-4-3-5-7-11/h3-7,15,18H,8-10H2,1-2H3. The van der Waals surface area contributed by atoms with Crippen molar-refractivity contribution >= 4 is 0 Å². The molecule has 0 saturated heterocycles. The lowest BCUT2D eigenvalue weighted by Gasteiger charge is -2.16. The van der Waals surface area contributed by atoms with E-state index in [-0.39, 0.29) is 0 Å². The number of hydrogen-bond donors (Lipinski definition) is 2. The quantitative estimate of drug-likeness (QED) is 0.825. The Labute approximate surface area is 112 Å². The number of benzene rings is 1. The second-order valence-electron chi connectivity index (χ2n) is 5.18. The molecule has 19 heavy (non-hydrogen) atoms. The Bertz CT molecular complexity index is 503. The van der Waals surface area contributed by atoms with Crippen molar-refractivity contribution in [3.63, 3.8) is 0 Å². The van der Waals surface area contributed by atoms with Gasteiger partial charge < -0.3 is 14.9 Å². The Morgan fingerprint density at radius 2 is 2.00 bits per heavy atom. The lowest BCUT2D eigenvalue weighted by molar-refractivity contribution is 0.0787. The highest BCUT2D eigenvalue weighted by molar-refractivity contribution is 5.18. The van der Waals surface area contributed by atoms with Crippen molar-refractivity contribution in [2.24, 2.45) is 0 Å². The van der Waals surface area contributed by atoms with Crippen LogP contribution in [0, 0.1) is 0 Å². The topological polar surface area (TPSA) is 71.2 Å². The predicted octanol–water partition coefficient (Wildman–Crippen LogP) is 1.52. The van der Waals surface area contributed by atoms with E-state index in [9.17, 15) is 5.11 Å². The average molecular weight is 261 g/mol. The van der Waals surface area contributed by atoms with Crippen LogP contribution in [0.5, 0.6) is 0 Å². The van der Waals surface area contributed by atoms with E-state index in [0.29, 0.717) is 31.2 Å². The first-order chi connectivity index (χ1) is 9.03. The van der Waals surface area contributed by atoms with Crippen LogP contribution in [0.3, 0.4) is 0 Å². The summed E-state index contributed by atoms with van der Waals surface area (Å²) in [6.45, 7) is 4.43. The van der Waals surface area contributed by atoms with Crippen LogP contribution in [0.2, 0.25) is 0 Å². The minimum absolute atomic E-state index is 0.464. The highest BCUT2D eigenvalue weighted by Gasteiger charge is 2.12. The van der Waals surface area contributed by atoms with Crippen molar-refractivity contribution in [1.29, 1.82) is 0 Å². The Morgan fingerprint density at radius 1 is 1.26 bits per heavy atom. The number of rotatable bonds is 6. The molecular formula is C14H19N3O2. The zero-order valence-electron chi connectivity index (χ0n) is 11.3. The summed E-state index contributed by atoms with van der Waals surface area (Å²) in [5, 5.41) is 16.6. The molecule has 5 heteroatoms. The minimum Gasteiger partial charge on any atom is -0.389 e. The third-order valence-electron chi connectivity index (χ3n) is 2.55. The lowest BCUT2D eigenvalue weighted by Crippen LogP contribution is -2.34. The zero-order valence-corrected chi connectivity index (χ0v) is 11.3. The molecule has 0 unspecified atom stereocenters. The van der Waals surface area contributed by atoms with Gasteiger partial charge in [0.15, 0.2) is 5.82 Å². The number of nitrogens with zero attached hydrogens (tertiary/aromatic N) is 2. The van der Waals surface area contributed by atoms with E-state index in [4.69, 9.17) is 4.52 Å². The Balaban J connectivity index is 1.86. The molecule has 1 aromatic heterocycles. The van der Waals surface area contributed by atoms with Gasteiger partial charge in [0.2, 0.25) is 5.89 Å². The van der Waals surface area contributed by atoms with Gasteiger partial charge in [-0.05, 0) is 19.4 Å². The zero-order chi connectivity index (χ0) is 13.7. The van der Waals surface area contributed by atoms with E-state index < -0.39 is 5.60 Å². The summed E-state index contributed by atoms with van der Waals surface area (Å²) >= 11 is 0. The molecule has 0 amide bonds. The van der Waals surface area contributed by atoms with Crippen molar-refractivity contribution < 1.29 is 9.63 Å². The highest BCUT2D eigenvalue weighted by Crippen LogP contribution is 2.06. The van der Waals surface area contributed by atoms with Gasteiger partial charge in [-0.15, -0.1) is 0 Å². The van der Waals surface area contributed by atoms with Gasteiger partial charge in [-0.1, -0.05) is 35.5 Å². The summed E-state index contributed by atoms with van der Waals surface area (Å²) in [5.41, 5.74) is 0.409. The first-order valence-corrected chi connectivity index (χ1v) is 6.31. The maximum absolute atomic E-state index is 9.57. The fourth-order valence-corrected chi connectivity index (χ4v) is 1.69. The molecule has 0 bridgehead atoms. The molecule has 1 heterocycles. The maximum atomic E-state index is 9.57. The van der Waals surface area contributed by atoms with E-state index in [1.807, 2.05) is 30.3 Å². The first-order valence-electron chi connectivity index (χ1n) is 6.31. The van der Waals surface area contributed by atoms with Gasteiger partial charge >= 0.3 is 0 Å². The van der Waals surface area contributed by atoms with E-state index in [0.717, 1.165) is 5.56 Å². The summed E-state index contributed by atoms with van der Waals surface area (Å²) in [4.78, 5) is 4.30. The summed E-state index contributed by atoms with van der Waals surface area (Å²) in [7, 11) is 0. The summed E-state index contributed by atoms with van der Waals surface area (Å²) in [5.74, 6) is 1.21. The molecule has 0 aliphatic carbocycles. The van der Waals surface area contributed by atoms with Crippen LogP contribution in [-0.2, 0) is 13.0 Å². The molecule has 0 spiro atoms. The molecule has 0 radical (unpaired) electrons. The van der Waals surface area contributed by atoms with Crippen molar-refractivity contribution in [3.05, 3.63) is 47.6 Å². The molecule has 0 fully saturated rings. The van der Waals surface area contributed by atoms with Crippen LogP contribution in [0.4, 0.5) is 0 Å². The van der Waals surface area contributed by atoms with Gasteiger partial charge in [0.1, 0.15) is 0 Å². The first kappa shape index (κ1) is 13.7.